The standard InChI is InChI=1S/C8H11ClN2O2/c1-2-6-7(13-5-11-6)4-10-8(12)3-9/h5H,2-4H2,1H3,(H,10,12). The van der Waals surface area contributed by atoms with Crippen molar-refractivity contribution < 1.29 is 9.21 Å². The lowest BCUT2D eigenvalue weighted by molar-refractivity contribution is -0.118. The summed E-state index contributed by atoms with van der Waals surface area (Å²) < 4.78 is 5.08. The first-order valence-electron chi connectivity index (χ1n) is 4.01. The summed E-state index contributed by atoms with van der Waals surface area (Å²) in [6.07, 6.45) is 2.17. The van der Waals surface area contributed by atoms with E-state index < -0.39 is 0 Å². The second kappa shape index (κ2) is 4.87. The van der Waals surface area contributed by atoms with Crippen molar-refractivity contribution >= 4 is 17.5 Å². The SMILES string of the molecule is CCc1ncoc1CNC(=O)CCl. The van der Waals surface area contributed by atoms with E-state index in [1.165, 1.54) is 6.39 Å². The van der Waals surface area contributed by atoms with Crippen LogP contribution in [0.3, 0.4) is 0 Å². The molecule has 1 rings (SSSR count). The molecule has 0 aliphatic carbocycles. The van der Waals surface area contributed by atoms with E-state index in [0.717, 1.165) is 12.1 Å². The number of nitrogens with zero attached hydrogens (tertiary/aromatic N) is 1. The van der Waals surface area contributed by atoms with Gasteiger partial charge in [0.05, 0.1) is 12.2 Å². The Morgan fingerprint density at radius 2 is 2.54 bits per heavy atom. The van der Waals surface area contributed by atoms with Gasteiger partial charge in [0, 0.05) is 0 Å². The molecule has 0 aliphatic rings. The number of halogens is 1. The Kier molecular flexibility index (Phi) is 3.76. The Balaban J connectivity index is 2.49. The molecular weight excluding hydrogens is 192 g/mol. The predicted octanol–water partition coefficient (Wildman–Crippen LogP) is 1.09. The van der Waals surface area contributed by atoms with Crippen LogP contribution in [0.15, 0.2) is 10.8 Å². The zero-order valence-electron chi connectivity index (χ0n) is 7.34. The molecule has 4 nitrogen and oxygen atoms in total. The van der Waals surface area contributed by atoms with Crippen molar-refractivity contribution in [3.8, 4) is 0 Å². The fourth-order valence-corrected chi connectivity index (χ4v) is 1.05. The maximum absolute atomic E-state index is 10.8. The van der Waals surface area contributed by atoms with Gasteiger partial charge in [-0.05, 0) is 6.42 Å². The fraction of sp³-hybridized carbons (Fsp3) is 0.500. The lowest BCUT2D eigenvalue weighted by Crippen LogP contribution is -2.23. The summed E-state index contributed by atoms with van der Waals surface area (Å²) in [5.41, 5.74) is 0.870. The average Bonchev–Trinajstić information content (AvgIpc) is 2.61. The maximum atomic E-state index is 10.8. The first-order chi connectivity index (χ1) is 6.27. The van der Waals surface area contributed by atoms with Gasteiger partial charge in [0.25, 0.3) is 0 Å². The molecule has 0 aromatic carbocycles. The number of oxazole rings is 1. The van der Waals surface area contributed by atoms with Crippen molar-refractivity contribution in [2.24, 2.45) is 0 Å². The molecule has 1 N–H and O–H groups in total. The molecule has 0 atom stereocenters. The third-order valence-corrected chi connectivity index (χ3v) is 1.87. The number of rotatable bonds is 4. The molecule has 0 aliphatic heterocycles. The van der Waals surface area contributed by atoms with Crippen molar-refractivity contribution in [1.82, 2.24) is 10.3 Å². The van der Waals surface area contributed by atoms with Crippen molar-refractivity contribution in [3.05, 3.63) is 17.8 Å². The second-order valence-corrected chi connectivity index (χ2v) is 2.75. The Morgan fingerprint density at radius 3 is 3.15 bits per heavy atom. The lowest BCUT2D eigenvalue weighted by atomic mass is 10.3. The van der Waals surface area contributed by atoms with E-state index in [0.29, 0.717) is 12.3 Å². The summed E-state index contributed by atoms with van der Waals surface area (Å²) in [6, 6.07) is 0. The normalized spacial score (nSPS) is 10.0. The monoisotopic (exact) mass is 202 g/mol. The van der Waals surface area contributed by atoms with E-state index in [9.17, 15) is 4.79 Å². The first kappa shape index (κ1) is 10.1. The number of aryl methyl sites for hydroxylation is 1. The molecule has 0 saturated carbocycles. The molecule has 72 valence electrons. The molecule has 1 aromatic rings. The number of carbonyl (C=O) groups is 1. The van der Waals surface area contributed by atoms with Gasteiger partial charge in [0.15, 0.2) is 6.39 Å². The highest BCUT2D eigenvalue weighted by Gasteiger charge is 2.06. The van der Waals surface area contributed by atoms with Gasteiger partial charge in [0.1, 0.15) is 11.6 Å². The Hall–Kier alpha value is -1.03. The highest BCUT2D eigenvalue weighted by Crippen LogP contribution is 2.06. The van der Waals surface area contributed by atoms with Crippen LogP contribution in [0, 0.1) is 0 Å². The van der Waals surface area contributed by atoms with Crippen LogP contribution in [0.5, 0.6) is 0 Å². The Bertz CT molecular complexity index is 285. The zero-order valence-corrected chi connectivity index (χ0v) is 8.10. The van der Waals surface area contributed by atoms with Crippen LogP contribution in [0.2, 0.25) is 0 Å². The summed E-state index contributed by atoms with van der Waals surface area (Å²) in [7, 11) is 0. The van der Waals surface area contributed by atoms with Gasteiger partial charge in [-0.15, -0.1) is 11.6 Å². The minimum atomic E-state index is -0.208. The third-order valence-electron chi connectivity index (χ3n) is 1.63. The Morgan fingerprint density at radius 1 is 1.77 bits per heavy atom. The number of nitrogens with one attached hydrogen (secondary N) is 1. The van der Waals surface area contributed by atoms with Crippen LogP contribution in [-0.2, 0) is 17.8 Å². The second-order valence-electron chi connectivity index (χ2n) is 2.49. The molecule has 0 radical (unpaired) electrons. The van der Waals surface area contributed by atoms with Crippen LogP contribution in [0.25, 0.3) is 0 Å². The molecule has 0 saturated heterocycles. The maximum Gasteiger partial charge on any atom is 0.235 e. The van der Waals surface area contributed by atoms with Crippen LogP contribution in [0.4, 0.5) is 0 Å². The van der Waals surface area contributed by atoms with Crippen molar-refractivity contribution in [3.63, 3.8) is 0 Å². The van der Waals surface area contributed by atoms with Crippen molar-refractivity contribution in [1.29, 1.82) is 0 Å². The average molecular weight is 203 g/mol. The topological polar surface area (TPSA) is 55.1 Å². The van der Waals surface area contributed by atoms with Crippen LogP contribution < -0.4 is 5.32 Å². The van der Waals surface area contributed by atoms with Gasteiger partial charge in [-0.1, -0.05) is 6.92 Å². The molecule has 0 unspecified atom stereocenters. The van der Waals surface area contributed by atoms with E-state index >= 15 is 0 Å². The molecule has 5 heteroatoms. The highest BCUT2D eigenvalue weighted by molar-refractivity contribution is 6.27. The summed E-state index contributed by atoms with van der Waals surface area (Å²) >= 11 is 5.31. The van der Waals surface area contributed by atoms with Gasteiger partial charge in [0.2, 0.25) is 5.91 Å². The smallest absolute Gasteiger partial charge is 0.235 e. The van der Waals surface area contributed by atoms with E-state index in [-0.39, 0.29) is 11.8 Å². The summed E-state index contributed by atoms with van der Waals surface area (Å²) in [4.78, 5) is 14.8. The first-order valence-corrected chi connectivity index (χ1v) is 4.55. The lowest BCUT2D eigenvalue weighted by Gasteiger charge is -2.00. The number of alkyl halides is 1. The number of aromatic nitrogens is 1. The fourth-order valence-electron chi connectivity index (χ4n) is 0.952. The summed E-state index contributed by atoms with van der Waals surface area (Å²) in [5, 5.41) is 2.60. The number of hydrogen-bond donors (Lipinski definition) is 1. The molecule has 0 bridgehead atoms. The Labute approximate surface area is 81.3 Å². The minimum Gasteiger partial charge on any atom is -0.446 e. The number of hydrogen-bond acceptors (Lipinski definition) is 3. The van der Waals surface area contributed by atoms with Crippen molar-refractivity contribution in [2.75, 3.05) is 5.88 Å². The van der Waals surface area contributed by atoms with Gasteiger partial charge in [-0.2, -0.15) is 0 Å². The highest BCUT2D eigenvalue weighted by atomic mass is 35.5. The summed E-state index contributed by atoms with van der Waals surface area (Å²) in [6.45, 7) is 2.33. The van der Waals surface area contributed by atoms with Gasteiger partial charge < -0.3 is 9.73 Å². The van der Waals surface area contributed by atoms with E-state index in [2.05, 4.69) is 10.3 Å². The zero-order chi connectivity index (χ0) is 9.68. The molecule has 0 spiro atoms. The predicted molar refractivity (Wildman–Crippen MR) is 48.4 cm³/mol. The minimum absolute atomic E-state index is 0.0321. The molecule has 0 fully saturated rings. The quantitative estimate of drug-likeness (QED) is 0.744. The molecule has 1 amide bonds. The van der Waals surface area contributed by atoms with E-state index in [1.54, 1.807) is 0 Å². The summed E-state index contributed by atoms with van der Waals surface area (Å²) in [5.74, 6) is 0.455. The molecular formula is C8H11ClN2O2. The molecule has 1 heterocycles. The molecule has 13 heavy (non-hydrogen) atoms. The van der Waals surface area contributed by atoms with Gasteiger partial charge in [-0.3, -0.25) is 4.79 Å². The van der Waals surface area contributed by atoms with Gasteiger partial charge >= 0.3 is 0 Å². The van der Waals surface area contributed by atoms with Gasteiger partial charge in [-0.25, -0.2) is 4.98 Å². The van der Waals surface area contributed by atoms with E-state index in [4.69, 9.17) is 16.0 Å². The van der Waals surface area contributed by atoms with E-state index in [1.807, 2.05) is 6.92 Å². The number of amides is 1. The molecule has 1 aromatic heterocycles. The van der Waals surface area contributed by atoms with Crippen LogP contribution >= 0.6 is 11.6 Å². The largest absolute Gasteiger partial charge is 0.446 e. The van der Waals surface area contributed by atoms with Crippen molar-refractivity contribution in [2.45, 2.75) is 19.9 Å². The van der Waals surface area contributed by atoms with Crippen LogP contribution in [0.1, 0.15) is 18.4 Å². The third kappa shape index (κ3) is 2.73. The van der Waals surface area contributed by atoms with Crippen LogP contribution in [-0.4, -0.2) is 16.8 Å². The number of carbonyl (C=O) groups excluding carboxylic acids is 1.